The summed E-state index contributed by atoms with van der Waals surface area (Å²) in [6.07, 6.45) is -5.33. The Labute approximate surface area is 242 Å². The number of pyridine rings is 1. The first-order chi connectivity index (χ1) is 20.2. The molecule has 0 spiro atoms. The van der Waals surface area contributed by atoms with Crippen molar-refractivity contribution in [2.45, 2.75) is 38.0 Å². The monoisotopic (exact) mass is 598 g/mol. The predicted molar refractivity (Wildman–Crippen MR) is 146 cm³/mol. The zero-order chi connectivity index (χ0) is 31.3. The molecule has 4 aromatic rings. The van der Waals surface area contributed by atoms with Crippen molar-refractivity contribution in [1.82, 2.24) is 20.5 Å². The lowest BCUT2D eigenvalue weighted by Gasteiger charge is -2.31. The number of ether oxygens (including phenoxy) is 2. The minimum absolute atomic E-state index is 0.0447. The van der Waals surface area contributed by atoms with Crippen LogP contribution < -0.4 is 14.8 Å². The highest BCUT2D eigenvalue weighted by molar-refractivity contribution is 6.00. The van der Waals surface area contributed by atoms with Crippen molar-refractivity contribution in [3.63, 3.8) is 0 Å². The molecule has 1 unspecified atom stereocenters. The van der Waals surface area contributed by atoms with Gasteiger partial charge in [0.05, 0.1) is 30.5 Å². The fourth-order valence-electron chi connectivity index (χ4n) is 4.85. The van der Waals surface area contributed by atoms with E-state index in [0.29, 0.717) is 16.6 Å². The number of aryl methyl sites for hydroxylation is 1. The largest absolute Gasteiger partial charge is 0.494 e. The summed E-state index contributed by atoms with van der Waals surface area (Å²) in [5, 5.41) is 21.9. The van der Waals surface area contributed by atoms with Crippen LogP contribution in [0.15, 0.2) is 48.5 Å². The van der Waals surface area contributed by atoms with Crippen molar-refractivity contribution >= 4 is 22.6 Å². The highest BCUT2D eigenvalue weighted by atomic mass is 19.4. The Bertz CT molecular complexity index is 1760. The maximum absolute atomic E-state index is 14.7. The molecule has 0 saturated carbocycles. The predicted octanol–water partition coefficient (Wildman–Crippen LogP) is 4.57. The van der Waals surface area contributed by atoms with E-state index in [1.54, 1.807) is 13.0 Å². The maximum Gasteiger partial charge on any atom is 0.424 e. The Balaban J connectivity index is 1.59. The Morgan fingerprint density at radius 3 is 2.44 bits per heavy atom. The van der Waals surface area contributed by atoms with E-state index in [2.05, 4.69) is 20.5 Å². The Morgan fingerprint density at radius 2 is 1.81 bits per heavy atom. The maximum atomic E-state index is 14.7. The molecule has 1 aliphatic rings. The minimum atomic E-state index is -5.33. The van der Waals surface area contributed by atoms with Gasteiger partial charge in [0.15, 0.2) is 0 Å². The van der Waals surface area contributed by atoms with Gasteiger partial charge >= 0.3 is 6.18 Å². The number of halogens is 4. The fraction of sp³-hybridized carbons (Fsp3) is 0.300. The van der Waals surface area contributed by atoms with Crippen LogP contribution in [0.5, 0.6) is 11.5 Å². The average Bonchev–Trinajstić information content (AvgIpc) is 3.32. The van der Waals surface area contributed by atoms with Gasteiger partial charge in [0.2, 0.25) is 5.60 Å². The van der Waals surface area contributed by atoms with Crippen LogP contribution in [0.2, 0.25) is 0 Å². The third-order valence-corrected chi connectivity index (χ3v) is 7.62. The number of hydrogen-bond acceptors (Lipinski definition) is 8. The number of rotatable bonds is 7. The molecule has 0 fully saturated rings. The molecule has 5 rings (SSSR count). The Morgan fingerprint density at radius 1 is 1.12 bits per heavy atom. The molecule has 2 N–H and O–H groups in total. The molecule has 43 heavy (non-hydrogen) atoms. The van der Waals surface area contributed by atoms with Crippen molar-refractivity contribution < 1.29 is 41.7 Å². The van der Waals surface area contributed by atoms with Crippen LogP contribution in [0, 0.1) is 12.7 Å². The number of nitrogens with one attached hydrogen (secondary N) is 1. The van der Waals surface area contributed by atoms with E-state index in [0.717, 1.165) is 18.2 Å². The minimum Gasteiger partial charge on any atom is -0.494 e. The van der Waals surface area contributed by atoms with Crippen molar-refractivity contribution in [3.05, 3.63) is 76.9 Å². The van der Waals surface area contributed by atoms with Gasteiger partial charge in [-0.3, -0.25) is 9.59 Å². The zero-order valence-corrected chi connectivity index (χ0v) is 23.5. The van der Waals surface area contributed by atoms with E-state index in [-0.39, 0.29) is 46.3 Å². The number of fused-ring (bicyclic) bond motifs is 2. The summed E-state index contributed by atoms with van der Waals surface area (Å²) in [5.74, 6) is -1.69. The quantitative estimate of drug-likeness (QED) is 0.297. The molecule has 0 saturated heterocycles. The van der Waals surface area contributed by atoms with Crippen molar-refractivity contribution in [2.75, 3.05) is 20.3 Å². The number of alkyl halides is 3. The summed E-state index contributed by atoms with van der Waals surface area (Å²) in [6.45, 7) is 2.96. The van der Waals surface area contributed by atoms with Crippen LogP contribution in [0.3, 0.4) is 0 Å². The van der Waals surface area contributed by atoms with Gasteiger partial charge in [-0.05, 0) is 69.3 Å². The number of methoxy groups -OCH3 is 1. The second-order valence-corrected chi connectivity index (χ2v) is 10.6. The first-order valence-corrected chi connectivity index (χ1v) is 13.0. The number of Topliss-reactive ketones (excluding diaryl/α,β-unsaturated/α-hetero) is 1. The highest BCUT2D eigenvalue weighted by Gasteiger charge is 2.57. The summed E-state index contributed by atoms with van der Waals surface area (Å²) >= 11 is 0. The van der Waals surface area contributed by atoms with Gasteiger partial charge in [-0.2, -0.15) is 18.3 Å². The molecule has 13 heteroatoms. The van der Waals surface area contributed by atoms with Crippen LogP contribution in [0.25, 0.3) is 22.2 Å². The number of benzene rings is 2. The number of ketones is 1. The van der Waals surface area contributed by atoms with E-state index in [1.807, 2.05) is 0 Å². The van der Waals surface area contributed by atoms with E-state index in [4.69, 9.17) is 9.47 Å². The van der Waals surface area contributed by atoms with E-state index >= 15 is 0 Å². The van der Waals surface area contributed by atoms with Gasteiger partial charge in [-0.25, -0.2) is 9.37 Å². The zero-order valence-electron chi connectivity index (χ0n) is 23.5. The summed E-state index contributed by atoms with van der Waals surface area (Å²) in [5.41, 5.74) is -4.93. The number of amides is 1. The lowest BCUT2D eigenvalue weighted by molar-refractivity contribution is -0.265. The molecule has 2 atom stereocenters. The summed E-state index contributed by atoms with van der Waals surface area (Å²) < 4.78 is 68.7. The molecule has 9 nitrogen and oxygen atoms in total. The lowest BCUT2D eigenvalue weighted by atomic mass is 9.79. The van der Waals surface area contributed by atoms with Gasteiger partial charge in [0.25, 0.3) is 5.91 Å². The molecule has 3 heterocycles. The van der Waals surface area contributed by atoms with Gasteiger partial charge in [-0.1, -0.05) is 0 Å². The number of nitrogens with zero attached hydrogens (tertiary/aromatic N) is 3. The summed E-state index contributed by atoms with van der Waals surface area (Å²) in [4.78, 5) is 29.9. The van der Waals surface area contributed by atoms with Crippen molar-refractivity contribution in [3.8, 4) is 22.8 Å². The second kappa shape index (κ2) is 10.6. The van der Waals surface area contributed by atoms with Gasteiger partial charge < -0.3 is 19.9 Å². The Hall–Kier alpha value is -4.65. The molecular formula is C30H26F4N4O5. The van der Waals surface area contributed by atoms with Crippen molar-refractivity contribution in [2.24, 2.45) is 0 Å². The number of carbonyl (C=O) groups excluding carboxylic acids is 2. The summed E-state index contributed by atoms with van der Waals surface area (Å²) in [7, 11) is 1.34. The van der Waals surface area contributed by atoms with Crippen LogP contribution >= 0.6 is 0 Å². The smallest absolute Gasteiger partial charge is 0.424 e. The number of hydrogen-bond donors (Lipinski definition) is 2. The lowest BCUT2D eigenvalue weighted by Crippen LogP contribution is -2.51. The third-order valence-electron chi connectivity index (χ3n) is 7.62. The van der Waals surface area contributed by atoms with Gasteiger partial charge in [0.1, 0.15) is 40.9 Å². The van der Waals surface area contributed by atoms with Crippen LogP contribution in [-0.4, -0.2) is 58.4 Å². The SMILES string of the molecule is COc1cc(C(=O)NCC(O)(c2cc3c(c(-c4ccc(F)cc4)n2)OC[C@]3(C)C(C)=O)C(F)(F)F)cc2cc(C)nnc12. The van der Waals surface area contributed by atoms with E-state index < -0.39 is 41.2 Å². The first-order valence-electron chi connectivity index (χ1n) is 13.0. The molecule has 0 bridgehead atoms. The molecule has 0 aliphatic carbocycles. The van der Waals surface area contributed by atoms with Crippen LogP contribution in [0.4, 0.5) is 17.6 Å². The van der Waals surface area contributed by atoms with E-state index in [9.17, 15) is 32.3 Å². The molecule has 1 aliphatic heterocycles. The van der Waals surface area contributed by atoms with Gasteiger partial charge in [0, 0.05) is 22.1 Å². The van der Waals surface area contributed by atoms with Crippen LogP contribution in [0.1, 0.15) is 41.2 Å². The fourth-order valence-corrected chi connectivity index (χ4v) is 4.85. The average molecular weight is 599 g/mol. The van der Waals surface area contributed by atoms with Gasteiger partial charge in [-0.15, -0.1) is 5.10 Å². The molecule has 1 amide bonds. The number of carbonyl (C=O) groups is 2. The Kier molecular flexibility index (Phi) is 7.33. The highest BCUT2D eigenvalue weighted by Crippen LogP contribution is 2.48. The molecule has 224 valence electrons. The second-order valence-electron chi connectivity index (χ2n) is 10.6. The van der Waals surface area contributed by atoms with Crippen LogP contribution in [-0.2, 0) is 15.8 Å². The molecule has 2 aromatic heterocycles. The summed E-state index contributed by atoms with van der Waals surface area (Å²) in [6, 6.07) is 10.1. The third kappa shape index (κ3) is 5.13. The normalized spacial score (nSPS) is 17.6. The number of aliphatic hydroxyl groups is 1. The molecular weight excluding hydrogens is 572 g/mol. The first kappa shape index (κ1) is 29.8. The standard InChI is InChI=1S/C30H26F4N4O5/c1-15-9-18-10-19(11-22(42-4)24(18)38-37-15)27(40)35-13-29(41,30(32,33)34)23-12-21-26(43-14-28(21,3)16(2)39)25(36-23)17-5-7-20(31)8-6-17/h5-12,41H,13-14H2,1-4H3,(H,35,40)/t28-,29?/m1/s1. The number of aromatic nitrogens is 3. The molecule has 0 radical (unpaired) electrons. The topological polar surface area (TPSA) is 124 Å². The van der Waals surface area contributed by atoms with E-state index in [1.165, 1.54) is 45.2 Å². The molecule has 2 aromatic carbocycles. The van der Waals surface area contributed by atoms with Crippen molar-refractivity contribution in [1.29, 1.82) is 0 Å².